The number of hydrogen-bond acceptors (Lipinski definition) is 3. The average molecular weight is 279 g/mol. The van der Waals surface area contributed by atoms with Crippen LogP contribution >= 0.6 is 0 Å². The summed E-state index contributed by atoms with van der Waals surface area (Å²) in [7, 11) is 0. The van der Waals surface area contributed by atoms with Gasteiger partial charge in [-0.3, -0.25) is 4.79 Å². The number of phenols is 2. The van der Waals surface area contributed by atoms with Crippen molar-refractivity contribution in [1.29, 1.82) is 0 Å². The number of aromatic hydroxyl groups is 2. The molecular weight excluding hydrogens is 268 g/mol. The molecule has 4 nitrogen and oxygen atoms in total. The second-order valence-corrected chi connectivity index (χ2v) is 4.21. The number of amides is 1. The Morgan fingerprint density at radius 3 is 2.55 bits per heavy atom. The number of anilines is 1. The van der Waals surface area contributed by atoms with Crippen LogP contribution < -0.4 is 5.32 Å². The molecule has 0 heterocycles. The molecule has 0 aromatic heterocycles. The molecule has 20 heavy (non-hydrogen) atoms. The molecule has 2 aromatic carbocycles. The molecule has 2 aromatic rings. The Kier molecular flexibility index (Phi) is 3.56. The minimum absolute atomic E-state index is 0.168. The molecule has 0 unspecified atom stereocenters. The van der Waals surface area contributed by atoms with Gasteiger partial charge in [0.2, 0.25) is 0 Å². The van der Waals surface area contributed by atoms with Crippen LogP contribution in [-0.4, -0.2) is 16.1 Å². The van der Waals surface area contributed by atoms with Gasteiger partial charge in [-0.25, -0.2) is 8.78 Å². The first kappa shape index (κ1) is 13.8. The lowest BCUT2D eigenvalue weighted by Gasteiger charge is -2.10. The van der Waals surface area contributed by atoms with Crippen LogP contribution in [0.4, 0.5) is 14.5 Å². The Morgan fingerprint density at radius 2 is 1.85 bits per heavy atom. The Morgan fingerprint density at radius 1 is 1.15 bits per heavy atom. The van der Waals surface area contributed by atoms with Crippen molar-refractivity contribution in [3.05, 3.63) is 53.1 Å². The van der Waals surface area contributed by atoms with Crippen LogP contribution in [-0.2, 0) is 0 Å². The largest absolute Gasteiger partial charge is 0.508 e. The van der Waals surface area contributed by atoms with Crippen molar-refractivity contribution in [2.45, 2.75) is 6.92 Å². The van der Waals surface area contributed by atoms with E-state index in [-0.39, 0.29) is 16.9 Å². The van der Waals surface area contributed by atoms with Crippen LogP contribution in [0.2, 0.25) is 0 Å². The minimum Gasteiger partial charge on any atom is -0.508 e. The highest BCUT2D eigenvalue weighted by Crippen LogP contribution is 2.26. The molecule has 0 aliphatic carbocycles. The smallest absolute Gasteiger partial charge is 0.259 e. The summed E-state index contributed by atoms with van der Waals surface area (Å²) in [4.78, 5) is 11.9. The minimum atomic E-state index is -0.930. The fraction of sp³-hybridized carbons (Fsp3) is 0.0714. The Balaban J connectivity index is 2.38. The van der Waals surface area contributed by atoms with Crippen LogP contribution in [0.5, 0.6) is 11.5 Å². The number of carbonyl (C=O) groups is 1. The van der Waals surface area contributed by atoms with E-state index in [0.29, 0.717) is 0 Å². The summed E-state index contributed by atoms with van der Waals surface area (Å²) in [6, 6.07) is 5.55. The molecule has 0 saturated carbocycles. The van der Waals surface area contributed by atoms with Gasteiger partial charge in [0.15, 0.2) is 5.82 Å². The fourth-order valence-electron chi connectivity index (χ4n) is 1.66. The monoisotopic (exact) mass is 279 g/mol. The standard InChI is InChI=1S/C14H11F2NO3/c1-7-2-4-10(15)13(12(7)16)17-14(20)9-6-8(18)3-5-11(9)19/h2-6,18-19H,1H3,(H,17,20). The van der Waals surface area contributed by atoms with E-state index in [1.54, 1.807) is 0 Å². The Bertz CT molecular complexity index is 686. The molecule has 1 amide bonds. The predicted octanol–water partition coefficient (Wildman–Crippen LogP) is 2.94. The molecular formula is C14H11F2NO3. The van der Waals surface area contributed by atoms with E-state index in [1.165, 1.54) is 19.1 Å². The van der Waals surface area contributed by atoms with E-state index in [4.69, 9.17) is 0 Å². The molecule has 0 spiro atoms. The van der Waals surface area contributed by atoms with E-state index in [9.17, 15) is 23.8 Å². The molecule has 2 rings (SSSR count). The molecule has 3 N–H and O–H groups in total. The number of benzene rings is 2. The second-order valence-electron chi connectivity index (χ2n) is 4.21. The highest BCUT2D eigenvalue weighted by molar-refractivity contribution is 6.06. The normalized spacial score (nSPS) is 10.3. The third-order valence-electron chi connectivity index (χ3n) is 2.75. The van der Waals surface area contributed by atoms with Crippen molar-refractivity contribution in [3.8, 4) is 11.5 Å². The van der Waals surface area contributed by atoms with E-state index in [2.05, 4.69) is 0 Å². The van der Waals surface area contributed by atoms with Crippen LogP contribution in [0.1, 0.15) is 15.9 Å². The van der Waals surface area contributed by atoms with Gasteiger partial charge in [-0.15, -0.1) is 0 Å². The fourth-order valence-corrected chi connectivity index (χ4v) is 1.66. The zero-order valence-corrected chi connectivity index (χ0v) is 10.4. The summed E-state index contributed by atoms with van der Waals surface area (Å²) in [6.45, 7) is 1.43. The van der Waals surface area contributed by atoms with Crippen molar-refractivity contribution >= 4 is 11.6 Å². The number of aryl methyl sites for hydroxylation is 1. The summed E-state index contributed by atoms with van der Waals surface area (Å²) < 4.78 is 27.3. The van der Waals surface area contributed by atoms with E-state index in [0.717, 1.165) is 18.2 Å². The molecule has 6 heteroatoms. The number of phenolic OH excluding ortho intramolecular Hbond substituents is 2. The van der Waals surface area contributed by atoms with Gasteiger partial charge in [-0.05, 0) is 36.8 Å². The van der Waals surface area contributed by atoms with Crippen molar-refractivity contribution in [2.24, 2.45) is 0 Å². The highest BCUT2D eigenvalue weighted by atomic mass is 19.1. The Hall–Kier alpha value is -2.63. The number of nitrogens with one attached hydrogen (secondary N) is 1. The lowest BCUT2D eigenvalue weighted by atomic mass is 10.1. The van der Waals surface area contributed by atoms with E-state index in [1.807, 2.05) is 5.32 Å². The van der Waals surface area contributed by atoms with Crippen LogP contribution in [0.25, 0.3) is 0 Å². The van der Waals surface area contributed by atoms with Crippen molar-refractivity contribution in [2.75, 3.05) is 5.32 Å². The molecule has 0 saturated heterocycles. The van der Waals surface area contributed by atoms with Crippen LogP contribution in [0.3, 0.4) is 0 Å². The van der Waals surface area contributed by atoms with Gasteiger partial charge in [-0.2, -0.15) is 0 Å². The quantitative estimate of drug-likeness (QED) is 0.740. The van der Waals surface area contributed by atoms with Crippen LogP contribution in [0.15, 0.2) is 30.3 Å². The molecule has 104 valence electrons. The lowest BCUT2D eigenvalue weighted by molar-refractivity contribution is 0.102. The second kappa shape index (κ2) is 5.16. The first-order chi connectivity index (χ1) is 9.40. The van der Waals surface area contributed by atoms with Crippen LogP contribution in [0, 0.1) is 18.6 Å². The predicted molar refractivity (Wildman–Crippen MR) is 68.8 cm³/mol. The Labute approximate surface area is 113 Å². The topological polar surface area (TPSA) is 69.6 Å². The molecule has 0 bridgehead atoms. The maximum Gasteiger partial charge on any atom is 0.259 e. The summed E-state index contributed by atoms with van der Waals surface area (Å²) in [6.07, 6.45) is 0. The maximum atomic E-state index is 13.8. The molecule has 0 atom stereocenters. The number of halogens is 2. The number of carbonyl (C=O) groups excluding carboxylic acids is 1. The van der Waals surface area contributed by atoms with Gasteiger partial charge >= 0.3 is 0 Å². The van der Waals surface area contributed by atoms with Gasteiger partial charge in [-0.1, -0.05) is 6.07 Å². The van der Waals surface area contributed by atoms with Crippen molar-refractivity contribution in [1.82, 2.24) is 0 Å². The van der Waals surface area contributed by atoms with Gasteiger partial charge in [0.05, 0.1) is 5.56 Å². The molecule has 0 fully saturated rings. The zero-order chi connectivity index (χ0) is 14.9. The van der Waals surface area contributed by atoms with Crippen molar-refractivity contribution < 1.29 is 23.8 Å². The zero-order valence-electron chi connectivity index (χ0n) is 10.4. The first-order valence-electron chi connectivity index (χ1n) is 5.68. The third-order valence-corrected chi connectivity index (χ3v) is 2.75. The average Bonchev–Trinajstić information content (AvgIpc) is 2.41. The van der Waals surface area contributed by atoms with Gasteiger partial charge in [0, 0.05) is 0 Å². The molecule has 0 aliphatic rings. The highest BCUT2D eigenvalue weighted by Gasteiger charge is 2.18. The summed E-state index contributed by atoms with van der Waals surface area (Å²) in [5.74, 6) is -3.41. The molecule has 0 aliphatic heterocycles. The lowest BCUT2D eigenvalue weighted by Crippen LogP contribution is -2.15. The summed E-state index contributed by atoms with van der Waals surface area (Å²) in [5, 5.41) is 20.8. The third kappa shape index (κ3) is 2.54. The van der Waals surface area contributed by atoms with E-state index >= 15 is 0 Å². The van der Waals surface area contributed by atoms with Gasteiger partial charge < -0.3 is 15.5 Å². The van der Waals surface area contributed by atoms with E-state index < -0.39 is 29.0 Å². The molecule has 0 radical (unpaired) electrons. The summed E-state index contributed by atoms with van der Waals surface area (Å²) in [5.41, 5.74) is -0.718. The van der Waals surface area contributed by atoms with Crippen molar-refractivity contribution in [3.63, 3.8) is 0 Å². The van der Waals surface area contributed by atoms with Gasteiger partial charge in [0.25, 0.3) is 5.91 Å². The maximum absolute atomic E-state index is 13.8. The number of hydrogen-bond donors (Lipinski definition) is 3. The first-order valence-corrected chi connectivity index (χ1v) is 5.68. The summed E-state index contributed by atoms with van der Waals surface area (Å²) >= 11 is 0. The van der Waals surface area contributed by atoms with Gasteiger partial charge in [0.1, 0.15) is 23.0 Å². The SMILES string of the molecule is Cc1ccc(F)c(NC(=O)c2cc(O)ccc2O)c1F. The number of rotatable bonds is 2.